The maximum atomic E-state index is 12.5. The summed E-state index contributed by atoms with van der Waals surface area (Å²) in [5.41, 5.74) is 0.231. The number of aromatic nitrogens is 1. The molecule has 0 amide bonds. The summed E-state index contributed by atoms with van der Waals surface area (Å²) in [4.78, 5) is 13.9. The van der Waals surface area contributed by atoms with Crippen molar-refractivity contribution in [1.82, 2.24) is 9.29 Å². The average Bonchev–Trinajstić information content (AvgIpc) is 2.41. The number of nitrogens with one attached hydrogen (secondary N) is 1. The summed E-state index contributed by atoms with van der Waals surface area (Å²) in [6, 6.07) is 9.15. The zero-order valence-corrected chi connectivity index (χ0v) is 14.2. The van der Waals surface area contributed by atoms with Crippen LogP contribution in [0.4, 0.5) is 0 Å². The van der Waals surface area contributed by atoms with Gasteiger partial charge >= 0.3 is 0 Å². The van der Waals surface area contributed by atoms with Crippen LogP contribution in [-0.4, -0.2) is 24.8 Å². The first-order valence-corrected chi connectivity index (χ1v) is 8.51. The number of benzene rings is 1. The molecule has 0 aliphatic carbocycles. The maximum absolute atomic E-state index is 12.5. The zero-order valence-electron chi connectivity index (χ0n) is 11.0. The predicted octanol–water partition coefficient (Wildman–Crippen LogP) is 2.61. The fourth-order valence-electron chi connectivity index (χ4n) is 1.75. The molecule has 1 N–H and O–H groups in total. The van der Waals surface area contributed by atoms with Crippen LogP contribution in [0.25, 0.3) is 0 Å². The molecule has 0 aliphatic rings. The van der Waals surface area contributed by atoms with Crippen LogP contribution in [-0.2, 0) is 16.6 Å². The maximum Gasteiger partial charge on any atom is 0.248 e. The van der Waals surface area contributed by atoms with Gasteiger partial charge in [0.2, 0.25) is 15.6 Å². The van der Waals surface area contributed by atoms with Gasteiger partial charge in [-0.15, -0.1) is 0 Å². The highest BCUT2D eigenvalue weighted by molar-refractivity contribution is 9.10. The first kappa shape index (κ1) is 16.2. The summed E-state index contributed by atoms with van der Waals surface area (Å²) >= 11 is 9.07. The Hall–Kier alpha value is -1.15. The molecule has 0 spiro atoms. The van der Waals surface area contributed by atoms with E-state index in [0.29, 0.717) is 15.2 Å². The minimum atomic E-state index is -3.72. The normalized spacial score (nSPS) is 11.8. The summed E-state index contributed by atoms with van der Waals surface area (Å²) in [6.07, 6.45) is 0. The van der Waals surface area contributed by atoms with Gasteiger partial charge < -0.3 is 4.98 Å². The number of sulfonamides is 1. The molecular weight excluding hydrogens is 380 g/mol. The van der Waals surface area contributed by atoms with Crippen molar-refractivity contribution in [2.24, 2.45) is 0 Å². The Morgan fingerprint density at radius 1 is 1.29 bits per heavy atom. The number of H-pyrrole nitrogens is 1. The molecule has 0 saturated carbocycles. The molecular formula is C13H12BrClN2O3S. The van der Waals surface area contributed by atoms with Crippen molar-refractivity contribution in [3.05, 3.63) is 61.9 Å². The molecule has 1 aromatic carbocycles. The van der Waals surface area contributed by atoms with Crippen LogP contribution in [0.1, 0.15) is 5.69 Å². The summed E-state index contributed by atoms with van der Waals surface area (Å²) in [5, 5.41) is 0.332. The average molecular weight is 392 g/mol. The summed E-state index contributed by atoms with van der Waals surface area (Å²) in [7, 11) is -2.28. The number of rotatable bonds is 4. The van der Waals surface area contributed by atoms with Crippen LogP contribution >= 0.6 is 27.5 Å². The lowest BCUT2D eigenvalue weighted by molar-refractivity contribution is 0.461. The third kappa shape index (κ3) is 3.74. The second kappa shape index (κ2) is 6.31. The van der Waals surface area contributed by atoms with Crippen LogP contribution in [0.2, 0.25) is 5.02 Å². The molecule has 0 unspecified atom stereocenters. The lowest BCUT2D eigenvalue weighted by Crippen LogP contribution is -2.28. The molecule has 1 aromatic heterocycles. The smallest absolute Gasteiger partial charge is 0.248 e. The fourth-order valence-corrected chi connectivity index (χ4v) is 4.09. The molecule has 0 fully saturated rings. The monoisotopic (exact) mass is 390 g/mol. The van der Waals surface area contributed by atoms with Gasteiger partial charge in [0.15, 0.2) is 0 Å². The Bertz CT molecular complexity index is 820. The third-order valence-corrected chi connectivity index (χ3v) is 5.84. The standard InChI is InChI=1S/C13H12BrClN2O3S/c1-17(8-10-3-2-4-13(18)16-10)21(19,20)12-7-9(15)5-6-11(12)14/h2-7H,8H2,1H3,(H,16,18). The van der Waals surface area contributed by atoms with Gasteiger partial charge in [0.1, 0.15) is 0 Å². The third-order valence-electron chi connectivity index (χ3n) is 2.80. The van der Waals surface area contributed by atoms with E-state index in [2.05, 4.69) is 20.9 Å². The van der Waals surface area contributed by atoms with E-state index in [1.54, 1.807) is 24.3 Å². The molecule has 0 saturated heterocycles. The first-order chi connectivity index (χ1) is 9.80. The van der Waals surface area contributed by atoms with E-state index in [4.69, 9.17) is 11.6 Å². The van der Waals surface area contributed by atoms with Crippen LogP contribution < -0.4 is 5.56 Å². The van der Waals surface area contributed by atoms with E-state index in [1.165, 1.54) is 19.2 Å². The van der Waals surface area contributed by atoms with Gasteiger partial charge in [-0.05, 0) is 40.2 Å². The number of pyridine rings is 1. The summed E-state index contributed by atoms with van der Waals surface area (Å²) in [6.45, 7) is 0.0529. The van der Waals surface area contributed by atoms with Crippen molar-refractivity contribution in [1.29, 1.82) is 0 Å². The highest BCUT2D eigenvalue weighted by atomic mass is 79.9. The van der Waals surface area contributed by atoms with Crippen molar-refractivity contribution in [3.8, 4) is 0 Å². The van der Waals surface area contributed by atoms with Crippen molar-refractivity contribution >= 4 is 37.6 Å². The fraction of sp³-hybridized carbons (Fsp3) is 0.154. The van der Waals surface area contributed by atoms with Gasteiger partial charge in [-0.3, -0.25) is 4.79 Å². The van der Waals surface area contributed by atoms with Gasteiger partial charge in [0.05, 0.1) is 11.4 Å². The van der Waals surface area contributed by atoms with Gasteiger partial charge in [0, 0.05) is 28.3 Å². The zero-order chi connectivity index (χ0) is 15.6. The van der Waals surface area contributed by atoms with E-state index >= 15 is 0 Å². The molecule has 21 heavy (non-hydrogen) atoms. The molecule has 2 aromatic rings. The highest BCUT2D eigenvalue weighted by Crippen LogP contribution is 2.27. The van der Waals surface area contributed by atoms with Crippen LogP contribution in [0, 0.1) is 0 Å². The number of nitrogens with zero attached hydrogens (tertiary/aromatic N) is 1. The Labute approximate surface area is 135 Å². The minimum absolute atomic E-state index is 0.0529. The molecule has 0 bridgehead atoms. The number of aromatic amines is 1. The number of hydrogen-bond donors (Lipinski definition) is 1. The SMILES string of the molecule is CN(Cc1cccc(=O)[nH]1)S(=O)(=O)c1cc(Cl)ccc1Br. The largest absolute Gasteiger partial charge is 0.325 e. The van der Waals surface area contributed by atoms with Crippen LogP contribution in [0.5, 0.6) is 0 Å². The Morgan fingerprint density at radius 2 is 2.00 bits per heavy atom. The minimum Gasteiger partial charge on any atom is -0.325 e. The quantitative estimate of drug-likeness (QED) is 0.871. The molecule has 2 rings (SSSR count). The number of halogens is 2. The van der Waals surface area contributed by atoms with Crippen LogP contribution in [0.15, 0.2) is 50.6 Å². The summed E-state index contributed by atoms with van der Waals surface area (Å²) in [5.74, 6) is 0. The summed E-state index contributed by atoms with van der Waals surface area (Å²) < 4.78 is 26.7. The van der Waals surface area contributed by atoms with Crippen molar-refractivity contribution in [3.63, 3.8) is 0 Å². The van der Waals surface area contributed by atoms with Crippen molar-refractivity contribution < 1.29 is 8.42 Å². The molecule has 1 heterocycles. The van der Waals surface area contributed by atoms with E-state index in [0.717, 1.165) is 4.31 Å². The first-order valence-electron chi connectivity index (χ1n) is 5.90. The van der Waals surface area contributed by atoms with E-state index in [9.17, 15) is 13.2 Å². The van der Waals surface area contributed by atoms with Crippen molar-refractivity contribution in [2.45, 2.75) is 11.4 Å². The highest BCUT2D eigenvalue weighted by Gasteiger charge is 2.24. The van der Waals surface area contributed by atoms with E-state index in [1.807, 2.05) is 0 Å². The topological polar surface area (TPSA) is 70.2 Å². The lowest BCUT2D eigenvalue weighted by atomic mass is 10.3. The molecule has 0 aliphatic heterocycles. The predicted molar refractivity (Wildman–Crippen MR) is 84.9 cm³/mol. The van der Waals surface area contributed by atoms with Gasteiger partial charge in [0.25, 0.3) is 0 Å². The lowest BCUT2D eigenvalue weighted by Gasteiger charge is -2.18. The molecule has 112 valence electrons. The van der Waals surface area contributed by atoms with E-state index in [-0.39, 0.29) is 17.0 Å². The molecule has 5 nitrogen and oxygen atoms in total. The molecule has 8 heteroatoms. The molecule has 0 radical (unpaired) electrons. The van der Waals surface area contributed by atoms with Crippen molar-refractivity contribution in [2.75, 3.05) is 7.05 Å². The van der Waals surface area contributed by atoms with Crippen LogP contribution in [0.3, 0.4) is 0 Å². The van der Waals surface area contributed by atoms with E-state index < -0.39 is 10.0 Å². The number of hydrogen-bond acceptors (Lipinski definition) is 3. The second-order valence-corrected chi connectivity index (χ2v) is 7.68. The van der Waals surface area contributed by atoms with Gasteiger partial charge in [-0.1, -0.05) is 17.7 Å². The van der Waals surface area contributed by atoms with Gasteiger partial charge in [-0.25, -0.2) is 8.42 Å². The molecule has 0 atom stereocenters. The Morgan fingerprint density at radius 3 is 2.67 bits per heavy atom. The van der Waals surface area contributed by atoms with Gasteiger partial charge in [-0.2, -0.15) is 4.31 Å². The Balaban J connectivity index is 2.35. The second-order valence-electron chi connectivity index (χ2n) is 4.38. The Kier molecular flexibility index (Phi) is 4.88.